The van der Waals surface area contributed by atoms with Gasteiger partial charge < -0.3 is 14.0 Å². The van der Waals surface area contributed by atoms with Gasteiger partial charge in [-0.05, 0) is 202 Å². The molecule has 3 aliphatic rings. The second-order valence-corrected chi connectivity index (χ2v) is 33.9. The Hall–Kier alpha value is -9.55. The summed E-state index contributed by atoms with van der Waals surface area (Å²) in [6.45, 7) is 33.9. The average molecular weight is 1300 g/mol. The number of fused-ring (bicyclic) bond motifs is 16. The largest absolute Gasteiger partial charge is 0.311 e. The maximum absolute atomic E-state index is 9.82. The molecule has 0 amide bonds. The zero-order valence-electron chi connectivity index (χ0n) is 66.9. The van der Waals surface area contributed by atoms with Crippen LogP contribution in [-0.2, 0) is 32.5 Å². The van der Waals surface area contributed by atoms with Crippen molar-refractivity contribution in [3.8, 4) is 33.6 Å². The first kappa shape index (κ1) is 53.5. The normalized spacial score (nSPS) is 15.4. The van der Waals surface area contributed by atoms with Gasteiger partial charge in [0.1, 0.15) is 0 Å². The molecule has 0 radical (unpaired) electrons. The van der Waals surface area contributed by atoms with Crippen molar-refractivity contribution < 1.29 is 11.0 Å². The Bertz CT molecular complexity index is 5920. The Morgan fingerprint density at radius 1 is 0.337 bits per heavy atom. The molecule has 0 atom stereocenters. The highest BCUT2D eigenvalue weighted by molar-refractivity contribution is 7.99. The van der Waals surface area contributed by atoms with Crippen LogP contribution in [0.1, 0.15) is 165 Å². The minimum absolute atomic E-state index is 0.0273. The first-order chi connectivity index (χ1) is 50.1. The van der Waals surface area contributed by atoms with E-state index in [0.29, 0.717) is 5.69 Å². The zero-order chi connectivity index (χ0) is 74.9. The van der Waals surface area contributed by atoms with Crippen LogP contribution in [0.15, 0.2) is 258 Å². The molecule has 3 nitrogen and oxygen atoms in total. The first-order valence-corrected chi connectivity index (χ1v) is 35.5. The fourth-order valence-electron chi connectivity index (χ4n) is 16.2. The lowest BCUT2D eigenvalue weighted by Gasteiger charge is -2.51. The first-order valence-electron chi connectivity index (χ1n) is 38.7. The second kappa shape index (κ2) is 21.7. The topological polar surface area (TPSA) is 13.1 Å². The van der Waals surface area contributed by atoms with E-state index in [2.05, 4.69) is 307 Å². The summed E-state index contributed by atoms with van der Waals surface area (Å²) in [7, 11) is 0. The SMILES string of the molecule is [2H]c1c([2H])c([2H])c2c(c1[2H])c1c([2H])c([2H])c([2H])c([2H])c1n2-c1ccc2c(c1)N(c1ccc(C(C)(C)C)cc1-c1ccccc1)c1cc(-c3cc(C(C)(C)C)cc(C(C)(C)C)c3)cc3c1B2c1ccc(-n2c4ccc(C(C)(C)C)cc4c4cc(C(C)(C)C)ccc42)cc1C31c2ccccc2Sc2ccccc21. The molecule has 17 rings (SSSR count). The molecule has 0 unspecified atom stereocenters. The Kier molecular flexibility index (Phi) is 11.9. The predicted octanol–water partition coefficient (Wildman–Crippen LogP) is 23.2. The number of anilines is 3. The number of hydrogen-bond donors (Lipinski definition) is 0. The van der Waals surface area contributed by atoms with E-state index in [4.69, 9.17) is 2.74 Å². The van der Waals surface area contributed by atoms with Crippen molar-refractivity contribution in [2.45, 2.75) is 146 Å². The molecule has 14 aromatic rings. The van der Waals surface area contributed by atoms with E-state index < -0.39 is 36.3 Å². The lowest BCUT2D eigenvalue weighted by atomic mass is 9.29. The summed E-state index contributed by atoms with van der Waals surface area (Å²) < 4.78 is 79.5. The Balaban J connectivity index is 1.08. The third-order valence-electron chi connectivity index (χ3n) is 21.4. The average Bonchev–Trinajstić information content (AvgIpc) is 0.797. The van der Waals surface area contributed by atoms with Crippen LogP contribution >= 0.6 is 11.8 Å². The van der Waals surface area contributed by atoms with Gasteiger partial charge in [0.15, 0.2) is 0 Å². The summed E-state index contributed by atoms with van der Waals surface area (Å²) in [6, 6.07) is 72.3. The van der Waals surface area contributed by atoms with Crippen molar-refractivity contribution in [1.29, 1.82) is 0 Å². The molecule has 2 aromatic heterocycles. The van der Waals surface area contributed by atoms with Gasteiger partial charge in [0, 0.05) is 59.6 Å². The molecule has 3 aliphatic heterocycles. The van der Waals surface area contributed by atoms with Gasteiger partial charge in [0.2, 0.25) is 6.71 Å². The molecule has 0 N–H and O–H groups in total. The van der Waals surface area contributed by atoms with Gasteiger partial charge in [-0.2, -0.15) is 0 Å². The number of aromatic nitrogens is 2. The summed E-state index contributed by atoms with van der Waals surface area (Å²) in [5.74, 6) is 0. The molecule has 0 saturated heterocycles. The van der Waals surface area contributed by atoms with Gasteiger partial charge in [-0.3, -0.25) is 0 Å². The molecule has 98 heavy (non-hydrogen) atoms. The zero-order valence-corrected chi connectivity index (χ0v) is 59.7. The van der Waals surface area contributed by atoms with E-state index in [9.17, 15) is 8.22 Å². The summed E-state index contributed by atoms with van der Waals surface area (Å²) in [5.41, 5.74) is 22.8. The van der Waals surface area contributed by atoms with Crippen molar-refractivity contribution in [2.24, 2.45) is 0 Å². The molecule has 0 aliphatic carbocycles. The highest BCUT2D eigenvalue weighted by atomic mass is 32.2. The predicted molar refractivity (Wildman–Crippen MR) is 421 cm³/mol. The van der Waals surface area contributed by atoms with E-state index in [1.165, 1.54) is 53.9 Å². The lowest BCUT2D eigenvalue weighted by Crippen LogP contribution is -2.65. The summed E-state index contributed by atoms with van der Waals surface area (Å²) in [6.07, 6.45) is 0. The van der Waals surface area contributed by atoms with Crippen LogP contribution in [-0.4, -0.2) is 15.8 Å². The lowest BCUT2D eigenvalue weighted by molar-refractivity contribution is 0.569. The van der Waals surface area contributed by atoms with Crippen LogP contribution in [0.2, 0.25) is 0 Å². The monoisotopic (exact) mass is 1300 g/mol. The number of rotatable bonds is 5. The highest BCUT2D eigenvalue weighted by Crippen LogP contribution is 2.59. The molecule has 1 spiro atoms. The molecular formula is C93H86BN3S. The van der Waals surface area contributed by atoms with Crippen LogP contribution in [0.4, 0.5) is 17.1 Å². The van der Waals surface area contributed by atoms with E-state index in [1.807, 2.05) is 17.8 Å². The molecule has 0 saturated carbocycles. The maximum atomic E-state index is 9.82. The van der Waals surface area contributed by atoms with Crippen LogP contribution in [0.5, 0.6) is 0 Å². The highest BCUT2D eigenvalue weighted by Gasteiger charge is 2.55. The van der Waals surface area contributed by atoms with Gasteiger partial charge in [0.25, 0.3) is 0 Å². The quantitative estimate of drug-likeness (QED) is 0.159. The summed E-state index contributed by atoms with van der Waals surface area (Å²) in [4.78, 5) is 4.80. The van der Waals surface area contributed by atoms with Gasteiger partial charge in [0.05, 0.1) is 44.1 Å². The smallest absolute Gasteiger partial charge is 0.247 e. The third-order valence-corrected chi connectivity index (χ3v) is 22.6. The van der Waals surface area contributed by atoms with Gasteiger partial charge >= 0.3 is 0 Å². The van der Waals surface area contributed by atoms with Gasteiger partial charge in [-0.1, -0.05) is 273 Å². The number of hydrogen-bond acceptors (Lipinski definition) is 2. The van der Waals surface area contributed by atoms with Crippen LogP contribution in [0.25, 0.3) is 77.2 Å². The number of para-hydroxylation sites is 2. The van der Waals surface area contributed by atoms with Crippen molar-refractivity contribution in [3.05, 3.63) is 299 Å². The summed E-state index contributed by atoms with van der Waals surface area (Å²) in [5, 5.41) is 2.46. The van der Waals surface area contributed by atoms with Crippen molar-refractivity contribution in [2.75, 3.05) is 4.90 Å². The number of nitrogens with zero attached hydrogens (tertiary/aromatic N) is 3. The van der Waals surface area contributed by atoms with Crippen molar-refractivity contribution >= 4 is 95.5 Å². The maximum Gasteiger partial charge on any atom is 0.247 e. The molecular weight excluding hydrogens is 1200 g/mol. The third kappa shape index (κ3) is 9.52. The van der Waals surface area contributed by atoms with E-state index in [0.717, 1.165) is 89.1 Å². The molecule has 12 aromatic carbocycles. The van der Waals surface area contributed by atoms with Crippen LogP contribution in [0, 0.1) is 0 Å². The Labute approximate surface area is 595 Å². The second-order valence-electron chi connectivity index (χ2n) is 32.8. The van der Waals surface area contributed by atoms with E-state index >= 15 is 0 Å². The fraction of sp³-hybridized carbons (Fsp3) is 0.226. The fourth-order valence-corrected chi connectivity index (χ4v) is 17.4. The Morgan fingerprint density at radius 2 is 0.816 bits per heavy atom. The molecule has 0 fully saturated rings. The molecule has 5 heterocycles. The van der Waals surface area contributed by atoms with Crippen molar-refractivity contribution in [1.82, 2.24) is 9.13 Å². The van der Waals surface area contributed by atoms with E-state index in [1.54, 1.807) is 4.57 Å². The van der Waals surface area contributed by atoms with Crippen molar-refractivity contribution in [3.63, 3.8) is 0 Å². The standard InChI is InChI=1S/C93H86BN3S/c1-88(2,3)60-37-44-80(69(52-60)57-27-17-16-18-28-57)97-83-56-66(96-78-33-23-19-29-67(78)68-30-20-24-34-79(68)96)41-43-77(83)94-76-42-40-65(95-81-45-38-61(89(4,5)6)53-70(81)71-54-62(90(7,8)9)39-46-82(71)95)55-74(76)93(72-31-21-25-35-85(72)98-86-36-26-22-32-73(86)93)75-49-59(50-84(97)87(75)94)58-47-63(91(10,11)12)51-64(48-58)92(13,14)15/h16-56H,1-15H3/i19D,20D,23D,24D,29D,30D,33D,34D. The minimum atomic E-state index is -0.969. The van der Waals surface area contributed by atoms with E-state index in [-0.39, 0.29) is 73.1 Å². The van der Waals surface area contributed by atoms with Gasteiger partial charge in [-0.25, -0.2) is 0 Å². The molecule has 5 heteroatoms. The van der Waals surface area contributed by atoms with Crippen LogP contribution in [0.3, 0.4) is 0 Å². The Morgan fingerprint density at radius 3 is 1.38 bits per heavy atom. The molecule has 0 bridgehead atoms. The molecule has 482 valence electrons. The van der Waals surface area contributed by atoms with Crippen LogP contribution < -0.4 is 21.3 Å². The summed E-state index contributed by atoms with van der Waals surface area (Å²) >= 11 is 1.83. The van der Waals surface area contributed by atoms with Gasteiger partial charge in [-0.15, -0.1) is 0 Å². The minimum Gasteiger partial charge on any atom is -0.311 e. The number of benzene rings is 12.